The van der Waals surface area contributed by atoms with Gasteiger partial charge in [-0.1, -0.05) is 24.3 Å². The van der Waals surface area contributed by atoms with Crippen LogP contribution in [0.3, 0.4) is 0 Å². The lowest BCUT2D eigenvalue weighted by Crippen LogP contribution is -2.49. The number of rotatable bonds is 4. The van der Waals surface area contributed by atoms with E-state index < -0.39 is 6.10 Å². The first-order valence-electron chi connectivity index (χ1n) is 9.12. The zero-order chi connectivity index (χ0) is 18.8. The smallest absolute Gasteiger partial charge is 0.339 e. The third kappa shape index (κ3) is 3.47. The summed E-state index contributed by atoms with van der Waals surface area (Å²) in [6.45, 7) is 2.83. The molecule has 2 aliphatic heterocycles. The first-order chi connectivity index (χ1) is 13.2. The van der Waals surface area contributed by atoms with Crippen LogP contribution in [0.4, 0.5) is 5.69 Å². The average Bonchev–Trinajstić information content (AvgIpc) is 3.04. The highest BCUT2D eigenvalue weighted by atomic mass is 16.5. The topological polar surface area (TPSA) is 59.1 Å². The van der Waals surface area contributed by atoms with E-state index in [0.717, 1.165) is 30.1 Å². The van der Waals surface area contributed by atoms with Crippen LogP contribution in [0.2, 0.25) is 0 Å². The molecule has 0 spiro atoms. The molecule has 27 heavy (non-hydrogen) atoms. The molecular weight excluding hydrogens is 344 g/mol. The predicted octanol–water partition coefficient (Wildman–Crippen LogP) is 2.65. The predicted molar refractivity (Wildman–Crippen MR) is 101 cm³/mol. The zero-order valence-electron chi connectivity index (χ0n) is 15.3. The van der Waals surface area contributed by atoms with Gasteiger partial charge >= 0.3 is 5.97 Å². The monoisotopic (exact) mass is 366 g/mol. The van der Waals surface area contributed by atoms with Gasteiger partial charge in [0.2, 0.25) is 5.91 Å². The summed E-state index contributed by atoms with van der Waals surface area (Å²) in [4.78, 5) is 28.7. The molecule has 6 heteroatoms. The second-order valence-electron chi connectivity index (χ2n) is 6.75. The molecule has 0 saturated carbocycles. The highest BCUT2D eigenvalue weighted by molar-refractivity contribution is 5.94. The van der Waals surface area contributed by atoms with Crippen LogP contribution in [0.25, 0.3) is 0 Å². The lowest BCUT2D eigenvalue weighted by atomic mass is 10.0. The lowest BCUT2D eigenvalue weighted by Gasteiger charge is -2.36. The number of anilines is 1. The molecule has 0 aromatic heterocycles. The van der Waals surface area contributed by atoms with Gasteiger partial charge in [0.1, 0.15) is 11.9 Å². The number of esters is 1. The number of piperazine rings is 1. The van der Waals surface area contributed by atoms with E-state index in [2.05, 4.69) is 11.0 Å². The minimum absolute atomic E-state index is 0.0230. The van der Waals surface area contributed by atoms with Crippen LogP contribution in [0.15, 0.2) is 48.5 Å². The fourth-order valence-electron chi connectivity index (χ4n) is 3.68. The van der Waals surface area contributed by atoms with Gasteiger partial charge in [-0.2, -0.15) is 0 Å². The highest BCUT2D eigenvalue weighted by Crippen LogP contribution is 2.33. The van der Waals surface area contributed by atoms with Crippen molar-refractivity contribution in [3.63, 3.8) is 0 Å². The van der Waals surface area contributed by atoms with Crippen molar-refractivity contribution in [2.24, 2.45) is 0 Å². The quantitative estimate of drug-likeness (QED) is 0.779. The zero-order valence-corrected chi connectivity index (χ0v) is 15.3. The largest absolute Gasteiger partial charge is 0.497 e. The van der Waals surface area contributed by atoms with Gasteiger partial charge in [-0.25, -0.2) is 4.79 Å². The number of methoxy groups -OCH3 is 1. The molecule has 0 N–H and O–H groups in total. The number of ether oxygens (including phenoxy) is 2. The van der Waals surface area contributed by atoms with E-state index in [0.29, 0.717) is 18.7 Å². The van der Waals surface area contributed by atoms with Crippen molar-refractivity contribution in [3.05, 3.63) is 59.7 Å². The number of carbonyl (C=O) groups is 2. The fourth-order valence-corrected chi connectivity index (χ4v) is 3.68. The van der Waals surface area contributed by atoms with E-state index >= 15 is 0 Å². The summed E-state index contributed by atoms with van der Waals surface area (Å²) in [5.41, 5.74) is 2.48. The average molecular weight is 366 g/mol. The van der Waals surface area contributed by atoms with Gasteiger partial charge in [-0.05, 0) is 18.2 Å². The Morgan fingerprint density at radius 3 is 2.67 bits per heavy atom. The van der Waals surface area contributed by atoms with Gasteiger partial charge in [0.05, 0.1) is 19.1 Å². The van der Waals surface area contributed by atoms with Crippen LogP contribution in [-0.4, -0.2) is 50.1 Å². The van der Waals surface area contributed by atoms with Gasteiger partial charge in [0, 0.05) is 43.5 Å². The molecule has 0 aliphatic carbocycles. The number of hydrogen-bond acceptors (Lipinski definition) is 5. The Hall–Kier alpha value is -3.02. The number of carbonyl (C=O) groups excluding carboxylic acids is 2. The molecule has 1 amide bonds. The van der Waals surface area contributed by atoms with Crippen molar-refractivity contribution in [1.29, 1.82) is 0 Å². The summed E-state index contributed by atoms with van der Waals surface area (Å²) < 4.78 is 10.7. The number of benzene rings is 2. The van der Waals surface area contributed by atoms with Crippen LogP contribution in [-0.2, 0) is 9.53 Å². The molecule has 2 aromatic rings. The summed E-state index contributed by atoms with van der Waals surface area (Å²) >= 11 is 0. The van der Waals surface area contributed by atoms with Crippen LogP contribution < -0.4 is 9.64 Å². The normalized spacial score (nSPS) is 18.9. The molecule has 1 fully saturated rings. The molecule has 2 aliphatic rings. The first kappa shape index (κ1) is 17.4. The van der Waals surface area contributed by atoms with E-state index in [-0.39, 0.29) is 18.3 Å². The van der Waals surface area contributed by atoms with Crippen molar-refractivity contribution in [1.82, 2.24) is 4.90 Å². The van der Waals surface area contributed by atoms with E-state index in [1.807, 2.05) is 41.3 Å². The van der Waals surface area contributed by atoms with Crippen molar-refractivity contribution in [2.75, 3.05) is 38.2 Å². The standard InChI is InChI=1S/C21H22N2O4/c1-26-16-6-4-5-15(13-16)22-9-11-23(12-10-22)20(24)14-19-17-7-2-3-8-18(17)21(25)27-19/h2-8,13,19H,9-12,14H2,1H3/t19-/m1/s1. The van der Waals surface area contributed by atoms with Crippen molar-refractivity contribution in [3.8, 4) is 5.75 Å². The van der Waals surface area contributed by atoms with Gasteiger partial charge < -0.3 is 19.3 Å². The molecule has 0 radical (unpaired) electrons. The minimum Gasteiger partial charge on any atom is -0.497 e. The van der Waals surface area contributed by atoms with Gasteiger partial charge in [-0.15, -0.1) is 0 Å². The maximum absolute atomic E-state index is 12.7. The van der Waals surface area contributed by atoms with Crippen LogP contribution in [0.5, 0.6) is 5.75 Å². The lowest BCUT2D eigenvalue weighted by molar-refractivity contribution is -0.133. The minimum atomic E-state index is -0.474. The molecule has 140 valence electrons. The van der Waals surface area contributed by atoms with E-state index in [9.17, 15) is 9.59 Å². The first-order valence-corrected chi connectivity index (χ1v) is 9.12. The van der Waals surface area contributed by atoms with E-state index in [1.54, 1.807) is 13.2 Å². The Labute approximate surface area is 158 Å². The van der Waals surface area contributed by atoms with Crippen molar-refractivity contribution in [2.45, 2.75) is 12.5 Å². The number of cyclic esters (lactones) is 1. The van der Waals surface area contributed by atoms with E-state index in [4.69, 9.17) is 9.47 Å². The highest BCUT2D eigenvalue weighted by Gasteiger charge is 2.33. The van der Waals surface area contributed by atoms with Gasteiger partial charge in [-0.3, -0.25) is 4.79 Å². The number of amides is 1. The molecule has 2 aromatic carbocycles. The Bertz CT molecular complexity index is 859. The summed E-state index contributed by atoms with van der Waals surface area (Å²) in [5.74, 6) is 0.508. The molecule has 2 heterocycles. The third-order valence-corrected chi connectivity index (χ3v) is 5.19. The van der Waals surface area contributed by atoms with Gasteiger partial charge in [0.25, 0.3) is 0 Å². The Kier molecular flexibility index (Phi) is 4.71. The summed E-state index contributed by atoms with van der Waals surface area (Å²) in [6.07, 6.45) is -0.278. The SMILES string of the molecule is COc1cccc(N2CCN(C(=O)C[C@H]3OC(=O)c4ccccc43)CC2)c1. The molecule has 1 saturated heterocycles. The Balaban J connectivity index is 1.36. The summed E-state index contributed by atoms with van der Waals surface area (Å²) in [6, 6.07) is 15.2. The number of fused-ring (bicyclic) bond motifs is 1. The van der Waals surface area contributed by atoms with Crippen LogP contribution >= 0.6 is 0 Å². The maximum atomic E-state index is 12.7. The van der Waals surface area contributed by atoms with E-state index in [1.165, 1.54) is 0 Å². The van der Waals surface area contributed by atoms with Crippen molar-refractivity contribution >= 4 is 17.6 Å². The van der Waals surface area contributed by atoms with Crippen LogP contribution in [0, 0.1) is 0 Å². The Morgan fingerprint density at radius 1 is 1.11 bits per heavy atom. The summed E-state index contributed by atoms with van der Waals surface area (Å²) in [5, 5.41) is 0. The second-order valence-corrected chi connectivity index (χ2v) is 6.75. The van der Waals surface area contributed by atoms with Crippen molar-refractivity contribution < 1.29 is 19.1 Å². The maximum Gasteiger partial charge on any atom is 0.339 e. The Morgan fingerprint density at radius 2 is 1.89 bits per heavy atom. The molecule has 6 nitrogen and oxygen atoms in total. The molecule has 1 atom stereocenters. The fraction of sp³-hybridized carbons (Fsp3) is 0.333. The second kappa shape index (κ2) is 7.31. The molecule has 0 unspecified atom stereocenters. The summed E-state index contributed by atoms with van der Waals surface area (Å²) in [7, 11) is 1.66. The third-order valence-electron chi connectivity index (χ3n) is 5.19. The molecular formula is C21H22N2O4. The number of nitrogens with zero attached hydrogens (tertiary/aromatic N) is 2. The molecule has 0 bridgehead atoms. The van der Waals surface area contributed by atoms with Gasteiger partial charge in [0.15, 0.2) is 0 Å². The van der Waals surface area contributed by atoms with Crippen LogP contribution in [0.1, 0.15) is 28.4 Å². The molecule has 4 rings (SSSR count). The number of hydrogen-bond donors (Lipinski definition) is 0.